The van der Waals surface area contributed by atoms with Gasteiger partial charge in [0.25, 0.3) is 0 Å². The molecule has 0 aromatic carbocycles. The summed E-state index contributed by atoms with van der Waals surface area (Å²) in [4.78, 5) is 16.3. The maximum Gasteiger partial charge on any atom is 0.163 e. The van der Waals surface area contributed by atoms with E-state index in [0.29, 0.717) is 12.3 Å². The highest BCUT2D eigenvalue weighted by Gasteiger charge is 2.13. The van der Waals surface area contributed by atoms with Crippen LogP contribution in [0, 0.1) is 19.8 Å². The first kappa shape index (κ1) is 12.9. The topological polar surface area (TPSA) is 30.0 Å². The number of Topliss-reactive ketones (excluding diaryl/α,β-unsaturated/α-hetero) is 1. The molecule has 0 aliphatic carbocycles. The van der Waals surface area contributed by atoms with Crippen LogP contribution in [0.1, 0.15) is 54.9 Å². The Labute approximate surface area is 98.1 Å². The Hall–Kier alpha value is -1.18. The Morgan fingerprint density at radius 1 is 1.19 bits per heavy atom. The maximum atomic E-state index is 12.0. The molecule has 1 aromatic heterocycles. The molecule has 1 heterocycles. The predicted octanol–water partition coefficient (Wildman–Crippen LogP) is 3.71. The molecule has 0 amide bonds. The van der Waals surface area contributed by atoms with Crippen molar-refractivity contribution in [3.8, 4) is 0 Å². The van der Waals surface area contributed by atoms with E-state index in [1.807, 2.05) is 26.0 Å². The number of hydrogen-bond acceptors (Lipinski definition) is 2. The third kappa shape index (κ3) is 3.44. The third-order valence-corrected chi connectivity index (χ3v) is 3.03. The van der Waals surface area contributed by atoms with Crippen LogP contribution >= 0.6 is 0 Å². The summed E-state index contributed by atoms with van der Waals surface area (Å²) in [6.45, 7) is 8.15. The number of carbonyl (C=O) groups excluding carboxylic acids is 1. The van der Waals surface area contributed by atoms with Gasteiger partial charge in [-0.3, -0.25) is 9.78 Å². The first-order valence-electron chi connectivity index (χ1n) is 6.05. The minimum Gasteiger partial charge on any atom is -0.294 e. The smallest absolute Gasteiger partial charge is 0.163 e. The Morgan fingerprint density at radius 2 is 1.69 bits per heavy atom. The fourth-order valence-corrected chi connectivity index (χ4v) is 1.95. The van der Waals surface area contributed by atoms with Crippen molar-refractivity contribution in [1.82, 2.24) is 4.98 Å². The highest BCUT2D eigenvalue weighted by molar-refractivity contribution is 5.96. The van der Waals surface area contributed by atoms with Gasteiger partial charge in [-0.2, -0.15) is 0 Å². The lowest BCUT2D eigenvalue weighted by Crippen LogP contribution is -2.08. The zero-order valence-electron chi connectivity index (χ0n) is 10.7. The van der Waals surface area contributed by atoms with Crippen molar-refractivity contribution in [1.29, 1.82) is 0 Å². The number of aryl methyl sites for hydroxylation is 2. The summed E-state index contributed by atoms with van der Waals surface area (Å²) >= 11 is 0. The van der Waals surface area contributed by atoms with Crippen LogP contribution in [-0.2, 0) is 0 Å². The van der Waals surface area contributed by atoms with Gasteiger partial charge in [-0.25, -0.2) is 0 Å². The fraction of sp³-hybridized carbons (Fsp3) is 0.571. The summed E-state index contributed by atoms with van der Waals surface area (Å²) in [6.07, 6.45) is 2.81. The molecule has 0 aliphatic rings. The largest absolute Gasteiger partial charge is 0.294 e. The average Bonchev–Trinajstić information content (AvgIpc) is 2.24. The van der Waals surface area contributed by atoms with Crippen LogP contribution < -0.4 is 0 Å². The van der Waals surface area contributed by atoms with Crippen molar-refractivity contribution in [3.63, 3.8) is 0 Å². The van der Waals surface area contributed by atoms with Crippen LogP contribution in [0.15, 0.2) is 12.1 Å². The molecule has 0 aliphatic heterocycles. The molecule has 16 heavy (non-hydrogen) atoms. The minimum atomic E-state index is 0.252. The summed E-state index contributed by atoms with van der Waals surface area (Å²) < 4.78 is 0. The molecular formula is C14H21NO. The number of rotatable bonds is 5. The Bertz CT molecular complexity index is 347. The second-order valence-corrected chi connectivity index (χ2v) is 4.45. The molecule has 88 valence electrons. The number of nitrogens with zero attached hydrogens (tertiary/aromatic N) is 1. The molecule has 1 rings (SSSR count). The van der Waals surface area contributed by atoms with Crippen molar-refractivity contribution in [3.05, 3.63) is 29.1 Å². The molecule has 1 aromatic rings. The predicted molar refractivity (Wildman–Crippen MR) is 66.7 cm³/mol. The van der Waals surface area contributed by atoms with Gasteiger partial charge < -0.3 is 0 Å². The van der Waals surface area contributed by atoms with Crippen molar-refractivity contribution >= 4 is 5.78 Å². The molecule has 0 bridgehead atoms. The molecule has 0 saturated carbocycles. The molecule has 0 saturated heterocycles. The lowest BCUT2D eigenvalue weighted by Gasteiger charge is -2.11. The number of aromatic nitrogens is 1. The van der Waals surface area contributed by atoms with E-state index in [1.165, 1.54) is 0 Å². The third-order valence-electron chi connectivity index (χ3n) is 3.03. The fourth-order valence-electron chi connectivity index (χ4n) is 1.95. The van der Waals surface area contributed by atoms with Crippen LogP contribution in [0.4, 0.5) is 0 Å². The second-order valence-electron chi connectivity index (χ2n) is 4.45. The summed E-state index contributed by atoms with van der Waals surface area (Å²) in [5, 5.41) is 0. The van der Waals surface area contributed by atoms with Crippen LogP contribution in [0.3, 0.4) is 0 Å². The molecular weight excluding hydrogens is 198 g/mol. The summed E-state index contributed by atoms with van der Waals surface area (Å²) in [5.74, 6) is 0.767. The van der Waals surface area contributed by atoms with E-state index < -0.39 is 0 Å². The number of ketones is 1. The van der Waals surface area contributed by atoms with Gasteiger partial charge in [-0.15, -0.1) is 0 Å². The van der Waals surface area contributed by atoms with Crippen molar-refractivity contribution in [2.75, 3.05) is 0 Å². The second kappa shape index (κ2) is 5.78. The van der Waals surface area contributed by atoms with E-state index in [-0.39, 0.29) is 5.78 Å². The average molecular weight is 219 g/mol. The lowest BCUT2D eigenvalue weighted by molar-refractivity contribution is 0.0958. The van der Waals surface area contributed by atoms with Crippen LogP contribution in [0.2, 0.25) is 0 Å². The van der Waals surface area contributed by atoms with Gasteiger partial charge in [0, 0.05) is 23.4 Å². The number of carbonyl (C=O) groups is 1. The zero-order valence-corrected chi connectivity index (χ0v) is 10.7. The van der Waals surface area contributed by atoms with Gasteiger partial charge in [0.1, 0.15) is 0 Å². The SMILES string of the molecule is CCC(CC)CC(=O)c1cc(C)nc(C)c1. The number of hydrogen-bond donors (Lipinski definition) is 0. The van der Waals surface area contributed by atoms with E-state index in [1.54, 1.807) is 0 Å². The van der Waals surface area contributed by atoms with Gasteiger partial charge in [0.15, 0.2) is 5.78 Å². The van der Waals surface area contributed by atoms with Gasteiger partial charge in [-0.05, 0) is 31.9 Å². The Balaban J connectivity index is 2.80. The monoisotopic (exact) mass is 219 g/mol. The highest BCUT2D eigenvalue weighted by Crippen LogP contribution is 2.17. The van der Waals surface area contributed by atoms with Gasteiger partial charge >= 0.3 is 0 Å². The van der Waals surface area contributed by atoms with E-state index in [9.17, 15) is 4.79 Å². The van der Waals surface area contributed by atoms with Crippen molar-refractivity contribution in [2.45, 2.75) is 47.0 Å². The molecule has 2 heteroatoms. The van der Waals surface area contributed by atoms with E-state index in [4.69, 9.17) is 0 Å². The summed E-state index contributed by atoms with van der Waals surface area (Å²) in [6, 6.07) is 3.77. The molecule has 0 unspecified atom stereocenters. The van der Waals surface area contributed by atoms with Gasteiger partial charge in [0.05, 0.1) is 0 Å². The Morgan fingerprint density at radius 3 is 2.12 bits per heavy atom. The zero-order chi connectivity index (χ0) is 12.1. The van der Waals surface area contributed by atoms with Crippen LogP contribution in [0.5, 0.6) is 0 Å². The first-order chi connectivity index (χ1) is 7.56. The van der Waals surface area contributed by atoms with Crippen molar-refractivity contribution < 1.29 is 4.79 Å². The number of pyridine rings is 1. The minimum absolute atomic E-state index is 0.252. The normalized spacial score (nSPS) is 10.8. The quantitative estimate of drug-likeness (QED) is 0.707. The van der Waals surface area contributed by atoms with Gasteiger partial charge in [-0.1, -0.05) is 26.7 Å². The van der Waals surface area contributed by atoms with Gasteiger partial charge in [0.2, 0.25) is 0 Å². The standard InChI is InChI=1S/C14H21NO/c1-5-12(6-2)9-14(16)13-7-10(3)15-11(4)8-13/h7-8,12H,5-6,9H2,1-4H3. The van der Waals surface area contributed by atoms with E-state index in [2.05, 4.69) is 18.8 Å². The molecule has 0 radical (unpaired) electrons. The maximum absolute atomic E-state index is 12.0. The molecule has 0 N–H and O–H groups in total. The molecule has 2 nitrogen and oxygen atoms in total. The first-order valence-corrected chi connectivity index (χ1v) is 6.05. The summed E-state index contributed by atoms with van der Waals surface area (Å²) in [7, 11) is 0. The van der Waals surface area contributed by atoms with Crippen LogP contribution in [-0.4, -0.2) is 10.8 Å². The molecule has 0 spiro atoms. The molecule has 0 atom stereocenters. The van der Waals surface area contributed by atoms with E-state index >= 15 is 0 Å². The van der Waals surface area contributed by atoms with Crippen LogP contribution in [0.25, 0.3) is 0 Å². The highest BCUT2D eigenvalue weighted by atomic mass is 16.1. The lowest BCUT2D eigenvalue weighted by atomic mass is 9.94. The van der Waals surface area contributed by atoms with Crippen molar-refractivity contribution in [2.24, 2.45) is 5.92 Å². The Kier molecular flexibility index (Phi) is 4.66. The summed E-state index contributed by atoms with van der Waals surface area (Å²) in [5.41, 5.74) is 2.66. The molecule has 0 fully saturated rings. The van der Waals surface area contributed by atoms with E-state index in [0.717, 1.165) is 29.8 Å².